The predicted octanol–water partition coefficient (Wildman–Crippen LogP) is 4.22. The van der Waals surface area contributed by atoms with Gasteiger partial charge in [-0.05, 0) is 43.2 Å². The maximum absolute atomic E-state index is 13.0. The number of rotatable bonds is 4. The van der Waals surface area contributed by atoms with Crippen LogP contribution in [-0.4, -0.2) is 14.3 Å². The normalized spacial score (nSPS) is 11.3. The van der Waals surface area contributed by atoms with E-state index in [1.807, 2.05) is 26.0 Å². The van der Waals surface area contributed by atoms with Gasteiger partial charge in [-0.15, -0.1) is 0 Å². The summed E-state index contributed by atoms with van der Waals surface area (Å²) in [6.45, 7) is 5.23. The van der Waals surface area contributed by atoms with Gasteiger partial charge in [0.2, 0.25) is 5.91 Å². The number of amides is 1. The number of fused-ring (bicyclic) bond motifs is 1. The van der Waals surface area contributed by atoms with E-state index in [2.05, 4.69) is 10.0 Å². The lowest BCUT2D eigenvalue weighted by atomic mass is 10.1. The second-order valence-corrected chi connectivity index (χ2v) is 7.84. The molecule has 3 aromatic rings. The quantitative estimate of drug-likeness (QED) is 0.724. The number of anilines is 2. The molecule has 0 saturated heterocycles. The lowest BCUT2D eigenvalue weighted by molar-refractivity contribution is -0.114. The lowest BCUT2D eigenvalue weighted by Gasteiger charge is -2.15. The van der Waals surface area contributed by atoms with Crippen LogP contribution in [0.3, 0.4) is 0 Å². The van der Waals surface area contributed by atoms with Gasteiger partial charge in [-0.1, -0.05) is 36.4 Å². The molecule has 1 amide bonds. The van der Waals surface area contributed by atoms with Crippen LogP contribution >= 0.6 is 0 Å². The smallest absolute Gasteiger partial charge is 0.262 e. The van der Waals surface area contributed by atoms with E-state index in [0.29, 0.717) is 22.1 Å². The molecule has 0 spiro atoms. The van der Waals surface area contributed by atoms with Gasteiger partial charge in [0.15, 0.2) is 0 Å². The Morgan fingerprint density at radius 3 is 2.19 bits per heavy atom. The van der Waals surface area contributed by atoms with Crippen molar-refractivity contribution in [2.45, 2.75) is 25.7 Å². The van der Waals surface area contributed by atoms with E-state index in [9.17, 15) is 13.2 Å². The Balaban J connectivity index is 2.12. The Hall–Kier alpha value is -2.86. The maximum atomic E-state index is 13.0. The van der Waals surface area contributed by atoms with Gasteiger partial charge in [0.1, 0.15) is 0 Å². The second-order valence-electron chi connectivity index (χ2n) is 6.19. The molecule has 26 heavy (non-hydrogen) atoms. The number of sulfonamides is 1. The van der Waals surface area contributed by atoms with Crippen LogP contribution in [0.15, 0.2) is 59.5 Å². The molecule has 0 radical (unpaired) electrons. The van der Waals surface area contributed by atoms with Crippen LogP contribution in [0.25, 0.3) is 10.8 Å². The Kier molecular flexibility index (Phi) is 4.70. The molecular formula is C20H20N2O3S. The summed E-state index contributed by atoms with van der Waals surface area (Å²) in [5.74, 6) is -0.209. The number of aryl methyl sites for hydroxylation is 1. The largest absolute Gasteiger partial charge is 0.326 e. The Labute approximate surface area is 153 Å². The van der Waals surface area contributed by atoms with E-state index in [4.69, 9.17) is 0 Å². The van der Waals surface area contributed by atoms with E-state index >= 15 is 0 Å². The zero-order valence-corrected chi connectivity index (χ0v) is 15.6. The van der Waals surface area contributed by atoms with Crippen LogP contribution in [0.1, 0.15) is 18.1 Å². The highest BCUT2D eigenvalue weighted by molar-refractivity contribution is 7.93. The number of benzene rings is 3. The van der Waals surface area contributed by atoms with Gasteiger partial charge < -0.3 is 5.32 Å². The van der Waals surface area contributed by atoms with E-state index < -0.39 is 10.0 Å². The molecule has 134 valence electrons. The van der Waals surface area contributed by atoms with E-state index in [1.54, 1.807) is 42.5 Å². The zero-order valence-electron chi connectivity index (χ0n) is 14.8. The summed E-state index contributed by atoms with van der Waals surface area (Å²) in [6.07, 6.45) is 0. The molecule has 3 rings (SSSR count). The van der Waals surface area contributed by atoms with Crippen LogP contribution < -0.4 is 10.0 Å². The first-order valence-corrected chi connectivity index (χ1v) is 9.66. The Morgan fingerprint density at radius 2 is 1.46 bits per heavy atom. The van der Waals surface area contributed by atoms with Crippen molar-refractivity contribution in [3.05, 3.63) is 65.7 Å². The molecule has 0 aromatic heterocycles. The number of carbonyl (C=O) groups excluding carboxylic acids is 1. The Bertz CT molecular complexity index is 1110. The maximum Gasteiger partial charge on any atom is 0.262 e. The number of carbonyl (C=O) groups is 1. The van der Waals surface area contributed by atoms with Crippen LogP contribution in [-0.2, 0) is 14.8 Å². The fourth-order valence-electron chi connectivity index (χ4n) is 2.88. The van der Waals surface area contributed by atoms with Crippen molar-refractivity contribution in [3.8, 4) is 0 Å². The minimum absolute atomic E-state index is 0.170. The minimum Gasteiger partial charge on any atom is -0.326 e. The van der Waals surface area contributed by atoms with Crippen molar-refractivity contribution in [3.63, 3.8) is 0 Å². The first-order valence-electron chi connectivity index (χ1n) is 8.18. The van der Waals surface area contributed by atoms with E-state index in [1.165, 1.54) is 6.92 Å². The topological polar surface area (TPSA) is 75.3 Å². The van der Waals surface area contributed by atoms with Gasteiger partial charge in [0.05, 0.1) is 10.6 Å². The standard InChI is InChI=1S/C20H20N2O3S/c1-13-7-4-10-18(14(13)2)22-26(24,25)20-12-6-8-16-17(20)9-5-11-19(16)21-15(3)23/h4-12,22H,1-3H3,(H,21,23). The number of nitrogens with one attached hydrogen (secondary N) is 2. The average molecular weight is 368 g/mol. The van der Waals surface area contributed by atoms with Crippen LogP contribution in [0.2, 0.25) is 0 Å². The predicted molar refractivity (Wildman–Crippen MR) is 105 cm³/mol. The van der Waals surface area contributed by atoms with Crippen LogP contribution in [0.4, 0.5) is 11.4 Å². The summed E-state index contributed by atoms with van der Waals surface area (Å²) >= 11 is 0. The molecule has 0 aliphatic rings. The molecule has 0 aliphatic heterocycles. The molecule has 0 fully saturated rings. The minimum atomic E-state index is -3.79. The highest BCUT2D eigenvalue weighted by Gasteiger charge is 2.19. The summed E-state index contributed by atoms with van der Waals surface area (Å²) < 4.78 is 28.7. The molecule has 0 bridgehead atoms. The fraction of sp³-hybridized carbons (Fsp3) is 0.150. The van der Waals surface area contributed by atoms with E-state index in [-0.39, 0.29) is 10.8 Å². The number of hydrogen-bond acceptors (Lipinski definition) is 3. The van der Waals surface area contributed by atoms with Crippen molar-refractivity contribution < 1.29 is 13.2 Å². The molecule has 3 aromatic carbocycles. The summed E-state index contributed by atoms with van der Waals surface area (Å²) in [5.41, 5.74) is 3.03. The van der Waals surface area contributed by atoms with Gasteiger partial charge in [-0.25, -0.2) is 8.42 Å². The molecule has 0 heterocycles. The molecule has 0 atom stereocenters. The van der Waals surface area contributed by atoms with Crippen molar-refractivity contribution in [1.82, 2.24) is 0 Å². The van der Waals surface area contributed by atoms with Crippen LogP contribution in [0, 0.1) is 13.8 Å². The molecule has 5 nitrogen and oxygen atoms in total. The third-order valence-corrected chi connectivity index (χ3v) is 5.75. The third-order valence-electron chi connectivity index (χ3n) is 4.33. The zero-order chi connectivity index (χ0) is 18.9. The van der Waals surface area contributed by atoms with Gasteiger partial charge in [0, 0.05) is 23.4 Å². The van der Waals surface area contributed by atoms with Gasteiger partial charge in [-0.2, -0.15) is 0 Å². The van der Waals surface area contributed by atoms with Crippen molar-refractivity contribution in [2.75, 3.05) is 10.0 Å². The van der Waals surface area contributed by atoms with Gasteiger partial charge in [0.25, 0.3) is 10.0 Å². The summed E-state index contributed by atoms with van der Waals surface area (Å²) in [6, 6.07) is 15.7. The molecule has 2 N–H and O–H groups in total. The molecule has 6 heteroatoms. The summed E-state index contributed by atoms with van der Waals surface area (Å²) in [7, 11) is -3.79. The lowest BCUT2D eigenvalue weighted by Crippen LogP contribution is -2.14. The van der Waals surface area contributed by atoms with Gasteiger partial charge in [-0.3, -0.25) is 9.52 Å². The second kappa shape index (κ2) is 6.80. The third kappa shape index (κ3) is 3.41. The van der Waals surface area contributed by atoms with Crippen molar-refractivity contribution >= 4 is 38.1 Å². The average Bonchev–Trinajstić information content (AvgIpc) is 2.58. The highest BCUT2D eigenvalue weighted by Crippen LogP contribution is 2.30. The first kappa shape index (κ1) is 17.9. The molecular weight excluding hydrogens is 348 g/mol. The van der Waals surface area contributed by atoms with Gasteiger partial charge >= 0.3 is 0 Å². The highest BCUT2D eigenvalue weighted by atomic mass is 32.2. The Morgan fingerprint density at radius 1 is 0.846 bits per heavy atom. The summed E-state index contributed by atoms with van der Waals surface area (Å²) in [5, 5.41) is 3.96. The van der Waals surface area contributed by atoms with Crippen molar-refractivity contribution in [1.29, 1.82) is 0 Å². The fourth-order valence-corrected chi connectivity index (χ4v) is 4.22. The molecule has 0 unspecified atom stereocenters. The number of hydrogen-bond donors (Lipinski definition) is 2. The van der Waals surface area contributed by atoms with Crippen molar-refractivity contribution in [2.24, 2.45) is 0 Å². The first-order chi connectivity index (χ1) is 12.3. The molecule has 0 saturated carbocycles. The molecule has 0 aliphatic carbocycles. The summed E-state index contributed by atoms with van der Waals surface area (Å²) in [4.78, 5) is 11.6. The van der Waals surface area contributed by atoms with Crippen LogP contribution in [0.5, 0.6) is 0 Å². The van der Waals surface area contributed by atoms with E-state index in [0.717, 1.165) is 11.1 Å². The SMILES string of the molecule is CC(=O)Nc1cccc2c(S(=O)(=O)Nc3cccc(C)c3C)cccc12. The monoisotopic (exact) mass is 368 g/mol.